The van der Waals surface area contributed by atoms with Crippen LogP contribution in [0.3, 0.4) is 0 Å². The van der Waals surface area contributed by atoms with Crippen molar-refractivity contribution in [2.24, 2.45) is 0 Å². The Kier molecular flexibility index (Phi) is 8.51. The zero-order chi connectivity index (χ0) is 18.1. The molecule has 2 atom stereocenters. The van der Waals surface area contributed by atoms with Crippen molar-refractivity contribution < 1.29 is 51.0 Å². The van der Waals surface area contributed by atoms with Gasteiger partial charge in [0.05, 0.1) is 0 Å². The van der Waals surface area contributed by atoms with Gasteiger partial charge in [-0.15, -0.1) is 22.0 Å². The Morgan fingerprint density at radius 1 is 0.733 bits per heavy atom. The van der Waals surface area contributed by atoms with E-state index in [0.717, 1.165) is 0 Å². The van der Waals surface area contributed by atoms with Gasteiger partial charge in [0.15, 0.2) is 0 Å². The van der Waals surface area contributed by atoms with Crippen LogP contribution in [-0.4, -0.2) is 8.32 Å². The Labute approximate surface area is 236 Å². The Bertz CT molecular complexity index is 1250. The molecular formula is C22H10Br2Cl2S3Zr. The average molecular weight is 692 g/mol. The minimum atomic E-state index is 0. The molecular weight excluding hydrogens is 682 g/mol. The summed E-state index contributed by atoms with van der Waals surface area (Å²) < 4.78 is 0.623. The van der Waals surface area contributed by atoms with Crippen LogP contribution in [0.5, 0.6) is 0 Å². The summed E-state index contributed by atoms with van der Waals surface area (Å²) in [5.41, 5.74) is 5.20. The Morgan fingerprint density at radius 2 is 1.17 bits per heavy atom. The van der Waals surface area contributed by atoms with E-state index in [2.05, 4.69) is 91.2 Å². The first-order chi connectivity index (χ1) is 13.2. The molecule has 0 amide bonds. The normalized spacial score (nSPS) is 21.5. The molecule has 8 heteroatoms. The summed E-state index contributed by atoms with van der Waals surface area (Å²) in [5.74, 6) is 0. The van der Waals surface area contributed by atoms with E-state index in [0.29, 0.717) is 8.32 Å². The van der Waals surface area contributed by atoms with Gasteiger partial charge in [-0.1, -0.05) is 88.8 Å². The molecule has 2 unspecified atom stereocenters. The Morgan fingerprint density at radius 3 is 1.60 bits per heavy atom. The zero-order valence-corrected chi connectivity index (χ0v) is 24.6. The number of allylic oxidation sites excluding steroid dienone is 2. The molecule has 2 aromatic rings. The number of benzene rings is 2. The van der Waals surface area contributed by atoms with Crippen molar-refractivity contribution >= 4 is 90.4 Å². The molecule has 0 nitrogen and oxygen atoms in total. The van der Waals surface area contributed by atoms with E-state index >= 15 is 0 Å². The van der Waals surface area contributed by atoms with Crippen LogP contribution in [0.25, 0.3) is 23.3 Å². The number of fused-ring (bicyclic) bond motifs is 4. The van der Waals surface area contributed by atoms with Gasteiger partial charge >= 0.3 is 26.2 Å². The first-order valence-corrected chi connectivity index (χ1v) is 12.9. The number of thioether (sulfide) groups is 2. The molecule has 0 radical (unpaired) electrons. The number of hydrogen-bond donors (Lipinski definition) is 0. The third-order valence-corrected chi connectivity index (χ3v) is 9.84. The Balaban J connectivity index is 0.000000853. The molecule has 0 aromatic heterocycles. The minimum absolute atomic E-state index is 0. The van der Waals surface area contributed by atoms with Gasteiger partial charge in [0, 0.05) is 18.1 Å². The topological polar surface area (TPSA) is 0 Å². The summed E-state index contributed by atoms with van der Waals surface area (Å²) in [7, 11) is 0. The van der Waals surface area contributed by atoms with Crippen molar-refractivity contribution in [1.29, 1.82) is 0 Å². The third-order valence-electron chi connectivity index (χ3n) is 5.09. The summed E-state index contributed by atoms with van der Waals surface area (Å²) in [5, 5.41) is 12.2. The van der Waals surface area contributed by atoms with Crippen LogP contribution in [0.1, 0.15) is 0 Å². The van der Waals surface area contributed by atoms with Gasteiger partial charge in [-0.25, -0.2) is 0 Å². The molecule has 2 aliphatic heterocycles. The fourth-order valence-corrected chi connectivity index (χ4v) is 8.07. The van der Waals surface area contributed by atoms with Gasteiger partial charge in [-0.3, -0.25) is 0 Å². The second-order valence-corrected chi connectivity index (χ2v) is 12.5. The van der Waals surface area contributed by atoms with E-state index in [1.54, 1.807) is 23.5 Å². The second-order valence-electron chi connectivity index (χ2n) is 6.55. The van der Waals surface area contributed by atoms with Crippen LogP contribution in [-0.2, 0) is 26.2 Å². The van der Waals surface area contributed by atoms with E-state index in [9.17, 15) is 0 Å². The molecule has 2 aliphatic carbocycles. The second kappa shape index (κ2) is 10.0. The SMILES string of the molecule is BrC1S[C-]=C2C=c3c(Sc4cccc5c4=CC4=[C-]SC(Br)C=54)cccc3=C21.[Cl-].[Cl-].[Zr+4]. The van der Waals surface area contributed by atoms with E-state index in [4.69, 9.17) is 0 Å². The predicted octanol–water partition coefficient (Wildman–Crippen LogP) is -1.96. The maximum Gasteiger partial charge on any atom is 4.00 e. The van der Waals surface area contributed by atoms with Gasteiger partial charge in [-0.2, -0.15) is 46.8 Å². The summed E-state index contributed by atoms with van der Waals surface area (Å²) in [6, 6.07) is 13.3. The van der Waals surface area contributed by atoms with Crippen LogP contribution in [0.2, 0.25) is 0 Å². The largest absolute Gasteiger partial charge is 4.00 e. The number of rotatable bonds is 2. The third kappa shape index (κ3) is 4.00. The van der Waals surface area contributed by atoms with E-state index < -0.39 is 0 Å². The zero-order valence-electron chi connectivity index (χ0n) is 15.0. The van der Waals surface area contributed by atoms with Crippen LogP contribution in [0.15, 0.2) is 57.3 Å². The molecule has 30 heavy (non-hydrogen) atoms. The van der Waals surface area contributed by atoms with E-state index in [1.165, 1.54) is 53.0 Å². The monoisotopic (exact) mass is 688 g/mol. The number of hydrogen-bond acceptors (Lipinski definition) is 3. The summed E-state index contributed by atoms with van der Waals surface area (Å²) in [6.07, 6.45) is 4.58. The van der Waals surface area contributed by atoms with Crippen molar-refractivity contribution in [2.75, 3.05) is 0 Å². The molecule has 6 rings (SSSR count). The van der Waals surface area contributed by atoms with Crippen molar-refractivity contribution in [3.05, 3.63) is 79.2 Å². The molecule has 0 bridgehead atoms. The molecule has 2 heterocycles. The standard InChI is InChI=1S/C22H10Br2S3.2ClH.Zr/c23-21-19-11(9-25-21)7-15-13(19)3-1-5-17(15)27-18-6-2-4-14-16(18)8-12-10-26-22(24)20(12)14;;;/h1-8,21-22H;2*1H;/q-2;;;+4/p-2. The van der Waals surface area contributed by atoms with Crippen LogP contribution >= 0.6 is 67.1 Å². The fraction of sp³-hybridized carbons (Fsp3) is 0.0909. The number of halogens is 4. The molecule has 4 aliphatic rings. The van der Waals surface area contributed by atoms with E-state index in [1.807, 2.05) is 11.8 Å². The average Bonchev–Trinajstić information content (AvgIpc) is 3.39. The molecule has 0 saturated heterocycles. The van der Waals surface area contributed by atoms with Gasteiger partial charge in [0.2, 0.25) is 0 Å². The molecule has 148 valence electrons. The molecule has 0 saturated carbocycles. The molecule has 0 N–H and O–H groups in total. The smallest absolute Gasteiger partial charge is 1.00 e. The predicted molar refractivity (Wildman–Crippen MR) is 125 cm³/mol. The summed E-state index contributed by atoms with van der Waals surface area (Å²) >= 11 is 12.8. The van der Waals surface area contributed by atoms with Gasteiger partial charge in [0.25, 0.3) is 0 Å². The van der Waals surface area contributed by atoms with Crippen LogP contribution < -0.4 is 45.7 Å². The van der Waals surface area contributed by atoms with Crippen molar-refractivity contribution in [3.63, 3.8) is 0 Å². The van der Waals surface area contributed by atoms with Gasteiger partial charge in [-0.05, 0) is 12.1 Å². The fourth-order valence-electron chi connectivity index (χ4n) is 3.89. The van der Waals surface area contributed by atoms with Crippen molar-refractivity contribution in [2.45, 2.75) is 18.1 Å². The molecule has 0 fully saturated rings. The number of alkyl halides is 2. The van der Waals surface area contributed by atoms with Crippen LogP contribution in [0, 0.1) is 10.8 Å². The maximum atomic E-state index is 3.77. The van der Waals surface area contributed by atoms with Crippen molar-refractivity contribution in [1.82, 2.24) is 0 Å². The first-order valence-electron chi connectivity index (χ1n) is 8.44. The first kappa shape index (κ1) is 25.5. The minimum Gasteiger partial charge on any atom is -1.00 e. The maximum absolute atomic E-state index is 3.77. The van der Waals surface area contributed by atoms with E-state index in [-0.39, 0.29) is 51.0 Å². The van der Waals surface area contributed by atoms with Crippen molar-refractivity contribution in [3.8, 4) is 0 Å². The van der Waals surface area contributed by atoms with Gasteiger partial charge in [0.1, 0.15) is 0 Å². The Hall–Kier alpha value is 0.873. The summed E-state index contributed by atoms with van der Waals surface area (Å²) in [6.45, 7) is 0. The van der Waals surface area contributed by atoms with Crippen LogP contribution in [0.4, 0.5) is 0 Å². The quantitative estimate of drug-likeness (QED) is 0.266. The summed E-state index contributed by atoms with van der Waals surface area (Å²) in [4.78, 5) is 2.61. The molecule has 2 aromatic carbocycles. The van der Waals surface area contributed by atoms with Gasteiger partial charge < -0.3 is 24.8 Å². The molecule has 0 spiro atoms.